The van der Waals surface area contributed by atoms with Gasteiger partial charge in [0.1, 0.15) is 5.54 Å². The fourth-order valence-corrected chi connectivity index (χ4v) is 5.40. The van der Waals surface area contributed by atoms with Gasteiger partial charge in [0.25, 0.3) is 5.91 Å². The molecule has 2 aromatic carbocycles. The van der Waals surface area contributed by atoms with Crippen LogP contribution in [-0.2, 0) is 4.79 Å². The van der Waals surface area contributed by atoms with Gasteiger partial charge in [-0.15, -0.1) is 11.6 Å². The standard InChI is InChI=1S/C23H19Cl4N3O2/c1-22(27)18(12-7-13(24)9-14(25)8-12)19(22)21(32)29-15-3-4-17(26)16(10-15)20(31)30-23(11-28)5-2-6-23/h3-4,7-10,18-19H,2,5-6H2,1H3,(H,29,32)(H,30,31). The number of nitrogens with zero attached hydrogens (tertiary/aromatic N) is 1. The third kappa shape index (κ3) is 4.30. The van der Waals surface area contributed by atoms with Gasteiger partial charge in [-0.3, -0.25) is 9.59 Å². The lowest BCUT2D eigenvalue weighted by Crippen LogP contribution is -2.52. The number of alkyl halides is 1. The Morgan fingerprint density at radius 3 is 2.31 bits per heavy atom. The third-order valence-electron chi connectivity index (χ3n) is 6.22. The van der Waals surface area contributed by atoms with Crippen LogP contribution in [0.3, 0.4) is 0 Å². The molecule has 0 aromatic heterocycles. The van der Waals surface area contributed by atoms with Gasteiger partial charge >= 0.3 is 0 Å². The van der Waals surface area contributed by atoms with E-state index in [9.17, 15) is 14.9 Å². The summed E-state index contributed by atoms with van der Waals surface area (Å²) >= 11 is 25.1. The Kier molecular flexibility index (Phi) is 6.11. The highest BCUT2D eigenvalue weighted by Gasteiger charge is 2.65. The Hall–Kier alpha value is -1.97. The van der Waals surface area contributed by atoms with Crippen LogP contribution in [0, 0.1) is 17.2 Å². The third-order valence-corrected chi connectivity index (χ3v) is 7.46. The van der Waals surface area contributed by atoms with E-state index in [0.717, 1.165) is 12.0 Å². The fourth-order valence-electron chi connectivity index (χ4n) is 4.24. The Morgan fingerprint density at radius 2 is 1.75 bits per heavy atom. The lowest BCUT2D eigenvalue weighted by atomic mass is 9.78. The molecule has 2 fully saturated rings. The quantitative estimate of drug-likeness (QED) is 0.471. The predicted molar refractivity (Wildman–Crippen MR) is 127 cm³/mol. The summed E-state index contributed by atoms with van der Waals surface area (Å²) in [5.41, 5.74) is 0.540. The van der Waals surface area contributed by atoms with Crippen LogP contribution in [0.15, 0.2) is 36.4 Å². The average Bonchev–Trinajstić information content (AvgIpc) is 3.27. The minimum Gasteiger partial charge on any atom is -0.334 e. The lowest BCUT2D eigenvalue weighted by Gasteiger charge is -2.35. The first-order valence-corrected chi connectivity index (χ1v) is 11.6. The molecule has 2 aromatic rings. The minimum atomic E-state index is -0.848. The summed E-state index contributed by atoms with van der Waals surface area (Å²) in [7, 11) is 0. The summed E-state index contributed by atoms with van der Waals surface area (Å²) in [6.45, 7) is 1.79. The molecule has 2 aliphatic rings. The maximum Gasteiger partial charge on any atom is 0.254 e. The van der Waals surface area contributed by atoms with Crippen LogP contribution in [0.1, 0.15) is 48.0 Å². The van der Waals surface area contributed by atoms with E-state index < -0.39 is 22.2 Å². The summed E-state index contributed by atoms with van der Waals surface area (Å²) in [6, 6.07) is 11.9. The van der Waals surface area contributed by atoms with Gasteiger partial charge in [-0.25, -0.2) is 0 Å². The Labute approximate surface area is 206 Å². The van der Waals surface area contributed by atoms with Crippen molar-refractivity contribution in [1.29, 1.82) is 5.26 Å². The molecule has 0 spiro atoms. The number of amides is 2. The maximum absolute atomic E-state index is 13.0. The summed E-state index contributed by atoms with van der Waals surface area (Å²) in [5, 5.41) is 16.1. The van der Waals surface area contributed by atoms with Crippen LogP contribution in [-0.4, -0.2) is 22.2 Å². The molecule has 5 nitrogen and oxygen atoms in total. The first-order valence-electron chi connectivity index (χ1n) is 10.1. The zero-order valence-electron chi connectivity index (χ0n) is 17.0. The number of halogens is 4. The lowest BCUT2D eigenvalue weighted by molar-refractivity contribution is -0.117. The van der Waals surface area contributed by atoms with Crippen molar-refractivity contribution >= 4 is 63.9 Å². The number of carbonyl (C=O) groups is 2. The highest BCUT2D eigenvalue weighted by molar-refractivity contribution is 6.35. The molecule has 0 aliphatic heterocycles. The number of benzene rings is 2. The van der Waals surface area contributed by atoms with E-state index in [2.05, 4.69) is 16.7 Å². The molecule has 2 saturated carbocycles. The van der Waals surface area contributed by atoms with Crippen LogP contribution in [0.5, 0.6) is 0 Å². The van der Waals surface area contributed by atoms with Gasteiger partial charge in [-0.1, -0.05) is 34.8 Å². The Balaban J connectivity index is 1.51. The van der Waals surface area contributed by atoms with Crippen molar-refractivity contribution in [3.63, 3.8) is 0 Å². The van der Waals surface area contributed by atoms with Crippen molar-refractivity contribution in [3.05, 3.63) is 62.6 Å². The van der Waals surface area contributed by atoms with E-state index in [1.54, 1.807) is 31.2 Å². The van der Waals surface area contributed by atoms with Crippen molar-refractivity contribution in [1.82, 2.24) is 5.32 Å². The maximum atomic E-state index is 13.0. The van der Waals surface area contributed by atoms with Gasteiger partial charge in [-0.2, -0.15) is 5.26 Å². The number of nitriles is 1. The van der Waals surface area contributed by atoms with E-state index in [4.69, 9.17) is 46.4 Å². The van der Waals surface area contributed by atoms with Gasteiger partial charge in [-0.05, 0) is 68.1 Å². The van der Waals surface area contributed by atoms with Crippen molar-refractivity contribution < 1.29 is 9.59 Å². The number of hydrogen-bond acceptors (Lipinski definition) is 3. The summed E-state index contributed by atoms with van der Waals surface area (Å²) < 4.78 is 0. The van der Waals surface area contributed by atoms with Crippen LogP contribution in [0.2, 0.25) is 15.1 Å². The monoisotopic (exact) mass is 509 g/mol. The van der Waals surface area contributed by atoms with E-state index >= 15 is 0 Å². The Bertz CT molecular complexity index is 1130. The molecule has 4 rings (SSSR count). The van der Waals surface area contributed by atoms with Gasteiger partial charge < -0.3 is 10.6 Å². The predicted octanol–water partition coefficient (Wildman–Crippen LogP) is 6.17. The minimum absolute atomic E-state index is 0.189. The highest BCUT2D eigenvalue weighted by atomic mass is 35.5. The molecule has 9 heteroatoms. The molecule has 0 heterocycles. The molecular formula is C23H19Cl4N3O2. The second-order valence-corrected chi connectivity index (χ2v) is 10.6. The van der Waals surface area contributed by atoms with E-state index in [-0.39, 0.29) is 22.4 Å². The summed E-state index contributed by atoms with van der Waals surface area (Å²) in [6.07, 6.45) is 2.09. The van der Waals surface area contributed by atoms with Gasteiger partial charge in [0.05, 0.1) is 27.4 Å². The van der Waals surface area contributed by atoms with E-state index in [1.807, 2.05) is 0 Å². The number of hydrogen-bond donors (Lipinski definition) is 2. The molecule has 3 atom stereocenters. The number of carbonyl (C=O) groups excluding carboxylic acids is 2. The topological polar surface area (TPSA) is 82.0 Å². The van der Waals surface area contributed by atoms with Crippen LogP contribution in [0.25, 0.3) is 0 Å². The van der Waals surface area contributed by atoms with Gasteiger partial charge in [0, 0.05) is 21.7 Å². The number of rotatable bonds is 5. The van der Waals surface area contributed by atoms with E-state index in [1.165, 1.54) is 12.1 Å². The molecule has 2 N–H and O–H groups in total. The van der Waals surface area contributed by atoms with E-state index in [0.29, 0.717) is 28.6 Å². The number of nitrogens with one attached hydrogen (secondary N) is 2. The first-order chi connectivity index (χ1) is 15.1. The van der Waals surface area contributed by atoms with Gasteiger partial charge in [0.2, 0.25) is 5.91 Å². The molecule has 2 aliphatic carbocycles. The largest absolute Gasteiger partial charge is 0.334 e. The smallest absolute Gasteiger partial charge is 0.254 e. The molecule has 3 unspecified atom stereocenters. The van der Waals surface area contributed by atoms with Gasteiger partial charge in [0.15, 0.2) is 0 Å². The van der Waals surface area contributed by atoms with Crippen LogP contribution >= 0.6 is 46.4 Å². The average molecular weight is 511 g/mol. The van der Waals surface area contributed by atoms with Crippen molar-refractivity contribution in [3.8, 4) is 6.07 Å². The molecule has 166 valence electrons. The normalized spacial score (nSPS) is 25.2. The van der Waals surface area contributed by atoms with Crippen molar-refractivity contribution in [2.75, 3.05) is 5.32 Å². The molecular weight excluding hydrogens is 492 g/mol. The zero-order chi connectivity index (χ0) is 23.3. The highest BCUT2D eigenvalue weighted by Crippen LogP contribution is 2.62. The molecule has 0 saturated heterocycles. The van der Waals surface area contributed by atoms with Crippen LogP contribution in [0.4, 0.5) is 5.69 Å². The molecule has 0 bridgehead atoms. The Morgan fingerprint density at radius 1 is 1.09 bits per heavy atom. The second-order valence-electron chi connectivity index (χ2n) is 8.49. The second kappa shape index (κ2) is 8.43. The van der Waals surface area contributed by atoms with Crippen LogP contribution < -0.4 is 10.6 Å². The zero-order valence-corrected chi connectivity index (χ0v) is 20.0. The van der Waals surface area contributed by atoms with Crippen molar-refractivity contribution in [2.45, 2.75) is 42.5 Å². The van der Waals surface area contributed by atoms with Crippen molar-refractivity contribution in [2.24, 2.45) is 5.92 Å². The molecule has 0 radical (unpaired) electrons. The number of anilines is 1. The molecule has 2 amide bonds. The first kappa shape index (κ1) is 23.2. The summed E-state index contributed by atoms with van der Waals surface area (Å²) in [4.78, 5) is 24.9. The summed E-state index contributed by atoms with van der Waals surface area (Å²) in [5.74, 6) is -1.51. The molecule has 32 heavy (non-hydrogen) atoms. The SMILES string of the molecule is CC1(Cl)C(C(=O)Nc2ccc(Cl)c(C(=O)NC3(C#N)CCC3)c2)C1c1cc(Cl)cc(Cl)c1. The fraction of sp³-hybridized carbons (Fsp3) is 0.348.